The van der Waals surface area contributed by atoms with E-state index < -0.39 is 31.0 Å². The third-order valence-corrected chi connectivity index (χ3v) is 1.05. The molecule has 0 heterocycles. The summed E-state index contributed by atoms with van der Waals surface area (Å²) < 4.78 is 73.8. The van der Waals surface area contributed by atoms with Gasteiger partial charge in [0.05, 0.1) is 0 Å². The van der Waals surface area contributed by atoms with Crippen molar-refractivity contribution in [2.75, 3.05) is 6.61 Å². The summed E-state index contributed by atoms with van der Waals surface area (Å²) in [5, 5.41) is 7.70. The lowest BCUT2D eigenvalue weighted by molar-refractivity contribution is -0.252. The van der Waals surface area contributed by atoms with Gasteiger partial charge in [-0.25, -0.2) is 9.18 Å². The quantitative estimate of drug-likeness (QED) is 0.592. The Morgan fingerprint density at radius 2 is 1.71 bits per heavy atom. The van der Waals surface area contributed by atoms with Gasteiger partial charge in [-0.3, -0.25) is 0 Å². The van der Waals surface area contributed by atoms with Crippen LogP contribution in [0.3, 0.4) is 0 Å². The highest BCUT2D eigenvalue weighted by molar-refractivity contribution is 5.56. The fourth-order valence-electron chi connectivity index (χ4n) is 0.471. The van der Waals surface area contributed by atoms with Crippen LogP contribution in [0.4, 0.5) is 31.1 Å². The van der Waals surface area contributed by atoms with Crippen LogP contribution in [0, 0.1) is 0 Å². The molecule has 0 amide bonds. The van der Waals surface area contributed by atoms with Crippen LogP contribution in [-0.4, -0.2) is 36.1 Å². The molecule has 0 rings (SSSR count). The lowest BCUT2D eigenvalue weighted by atomic mass is 10.2. The van der Waals surface area contributed by atoms with Crippen molar-refractivity contribution in [2.24, 2.45) is 0 Å². The Hall–Kier alpha value is -1.15. The predicted octanol–water partition coefficient (Wildman–Crippen LogP) is 2.22. The summed E-state index contributed by atoms with van der Waals surface area (Å²) in [5.74, 6) is -4.92. The average Bonchev–Trinajstić information content (AvgIpc) is 1.98. The van der Waals surface area contributed by atoms with Gasteiger partial charge < -0.3 is 9.84 Å². The number of hydrogen-bond donors (Lipinski definition) is 1. The Labute approximate surface area is 73.3 Å². The molecular formula is C5H4F6O3. The number of halogens is 6. The van der Waals surface area contributed by atoms with Gasteiger partial charge in [-0.2, -0.15) is 22.0 Å². The number of hydrogen-bond acceptors (Lipinski definition) is 2. The largest absolute Gasteiger partial charge is 0.505 e. The molecular weight excluding hydrogens is 222 g/mol. The highest BCUT2D eigenvalue weighted by Crippen LogP contribution is 2.34. The van der Waals surface area contributed by atoms with E-state index in [0.717, 1.165) is 0 Å². The van der Waals surface area contributed by atoms with E-state index in [-0.39, 0.29) is 0 Å². The predicted molar refractivity (Wildman–Crippen MR) is 29.9 cm³/mol. The number of alkyl halides is 6. The van der Waals surface area contributed by atoms with Crippen molar-refractivity contribution in [1.82, 2.24) is 0 Å². The Kier molecular flexibility index (Phi) is 3.60. The summed E-state index contributed by atoms with van der Waals surface area (Å²) >= 11 is 0. The summed E-state index contributed by atoms with van der Waals surface area (Å²) in [6.07, 6.45) is -12.4. The Bertz CT molecular complexity index is 212. The molecule has 1 atom stereocenters. The van der Waals surface area contributed by atoms with Crippen LogP contribution in [-0.2, 0) is 4.74 Å². The summed E-state index contributed by atoms with van der Waals surface area (Å²) in [7, 11) is 0. The minimum absolute atomic E-state index is 2.18. The maximum Gasteiger partial charge on any atom is 0.505 e. The summed E-state index contributed by atoms with van der Waals surface area (Å²) in [6, 6.07) is 0. The molecule has 0 saturated heterocycles. The van der Waals surface area contributed by atoms with Crippen LogP contribution in [0.25, 0.3) is 0 Å². The molecule has 0 aliphatic carbocycles. The molecule has 0 aliphatic heterocycles. The van der Waals surface area contributed by atoms with Crippen molar-refractivity contribution in [3.05, 3.63) is 0 Å². The van der Waals surface area contributed by atoms with Gasteiger partial charge in [0.1, 0.15) is 0 Å². The van der Waals surface area contributed by atoms with Crippen LogP contribution in [0.1, 0.15) is 0 Å². The van der Waals surface area contributed by atoms with Crippen molar-refractivity contribution < 1.29 is 41.0 Å². The van der Waals surface area contributed by atoms with E-state index in [0.29, 0.717) is 0 Å². The van der Waals surface area contributed by atoms with Crippen LogP contribution < -0.4 is 0 Å². The van der Waals surface area contributed by atoms with Crippen molar-refractivity contribution in [3.63, 3.8) is 0 Å². The summed E-state index contributed by atoms with van der Waals surface area (Å²) in [5.41, 5.74) is 0. The van der Waals surface area contributed by atoms with E-state index in [2.05, 4.69) is 4.74 Å². The number of carbonyl (C=O) groups is 1. The molecule has 1 unspecified atom stereocenters. The molecule has 0 radical (unpaired) electrons. The smallest absolute Gasteiger partial charge is 0.450 e. The summed E-state index contributed by atoms with van der Waals surface area (Å²) in [4.78, 5) is 9.56. The molecule has 0 aromatic heterocycles. The van der Waals surface area contributed by atoms with E-state index in [9.17, 15) is 31.1 Å². The van der Waals surface area contributed by atoms with E-state index >= 15 is 0 Å². The van der Waals surface area contributed by atoms with Gasteiger partial charge in [0, 0.05) is 0 Å². The second-order valence-corrected chi connectivity index (χ2v) is 2.22. The topological polar surface area (TPSA) is 46.5 Å². The Morgan fingerprint density at radius 1 is 1.29 bits per heavy atom. The molecule has 0 saturated carbocycles. The van der Waals surface area contributed by atoms with Gasteiger partial charge in [0.2, 0.25) is 0 Å². The lowest BCUT2D eigenvalue weighted by Gasteiger charge is -2.21. The minimum atomic E-state index is -5.76. The van der Waals surface area contributed by atoms with Gasteiger partial charge >= 0.3 is 18.3 Å². The molecule has 14 heavy (non-hydrogen) atoms. The third kappa shape index (κ3) is 3.71. The molecule has 0 fully saturated rings. The SMILES string of the molecule is O=C(O)OCC(F)(F)C(F)C(F)(F)F. The monoisotopic (exact) mass is 226 g/mol. The van der Waals surface area contributed by atoms with Crippen LogP contribution in [0.5, 0.6) is 0 Å². The third-order valence-electron chi connectivity index (χ3n) is 1.05. The molecule has 0 spiro atoms. The molecule has 0 aromatic rings. The van der Waals surface area contributed by atoms with E-state index in [1.54, 1.807) is 0 Å². The van der Waals surface area contributed by atoms with Crippen LogP contribution in [0.15, 0.2) is 0 Å². The highest BCUT2D eigenvalue weighted by Gasteiger charge is 2.57. The summed E-state index contributed by atoms with van der Waals surface area (Å²) in [6.45, 7) is -2.18. The molecule has 1 N–H and O–H groups in total. The first-order valence-corrected chi connectivity index (χ1v) is 3.01. The normalized spacial score (nSPS) is 15.0. The first-order chi connectivity index (χ1) is 6.07. The zero-order valence-electron chi connectivity index (χ0n) is 6.32. The van der Waals surface area contributed by atoms with Crippen molar-refractivity contribution in [2.45, 2.75) is 18.3 Å². The zero-order valence-corrected chi connectivity index (χ0v) is 6.32. The minimum Gasteiger partial charge on any atom is -0.450 e. The lowest BCUT2D eigenvalue weighted by Crippen LogP contribution is -2.45. The molecule has 84 valence electrons. The standard InChI is InChI=1S/C5H4F6O3/c6-2(5(9,10)11)4(7,8)1-14-3(12)13/h2H,1H2,(H,12,13). The zero-order chi connectivity index (χ0) is 11.6. The average molecular weight is 226 g/mol. The van der Waals surface area contributed by atoms with Crippen LogP contribution >= 0.6 is 0 Å². The maximum atomic E-state index is 12.2. The fraction of sp³-hybridized carbons (Fsp3) is 0.800. The molecule has 0 aliphatic rings. The van der Waals surface area contributed by atoms with Crippen LogP contribution in [0.2, 0.25) is 0 Å². The van der Waals surface area contributed by atoms with E-state index in [1.807, 2.05) is 0 Å². The first kappa shape index (κ1) is 12.8. The van der Waals surface area contributed by atoms with Crippen molar-refractivity contribution in [3.8, 4) is 0 Å². The highest BCUT2D eigenvalue weighted by atomic mass is 19.4. The van der Waals surface area contributed by atoms with Gasteiger partial charge in [-0.15, -0.1) is 0 Å². The first-order valence-electron chi connectivity index (χ1n) is 3.01. The molecule has 3 nitrogen and oxygen atoms in total. The van der Waals surface area contributed by atoms with Crippen molar-refractivity contribution >= 4 is 6.16 Å². The molecule has 0 aromatic carbocycles. The molecule has 9 heteroatoms. The second kappa shape index (κ2) is 3.93. The second-order valence-electron chi connectivity index (χ2n) is 2.22. The Balaban J connectivity index is 4.38. The number of rotatable bonds is 3. The Morgan fingerprint density at radius 3 is 2.00 bits per heavy atom. The maximum absolute atomic E-state index is 12.2. The van der Waals surface area contributed by atoms with Crippen molar-refractivity contribution in [1.29, 1.82) is 0 Å². The van der Waals surface area contributed by atoms with E-state index in [1.165, 1.54) is 0 Å². The number of ether oxygens (including phenoxy) is 1. The van der Waals surface area contributed by atoms with Gasteiger partial charge in [-0.1, -0.05) is 0 Å². The fourth-order valence-corrected chi connectivity index (χ4v) is 0.471. The number of carboxylic acid groups (broad SMARTS) is 1. The van der Waals surface area contributed by atoms with Gasteiger partial charge in [-0.05, 0) is 0 Å². The van der Waals surface area contributed by atoms with Gasteiger partial charge in [0.25, 0.3) is 6.17 Å². The molecule has 0 bridgehead atoms. The van der Waals surface area contributed by atoms with E-state index in [4.69, 9.17) is 5.11 Å². The van der Waals surface area contributed by atoms with Gasteiger partial charge in [0.15, 0.2) is 6.61 Å².